The van der Waals surface area contributed by atoms with Gasteiger partial charge in [0.15, 0.2) is 5.16 Å². The highest BCUT2D eigenvalue weighted by atomic mass is 35.5. The van der Waals surface area contributed by atoms with Crippen LogP contribution < -0.4 is 0 Å². The summed E-state index contributed by atoms with van der Waals surface area (Å²) in [5.74, 6) is 0.741. The third-order valence-electron chi connectivity index (χ3n) is 5.45. The molecule has 1 aromatic heterocycles. The second-order valence-electron chi connectivity index (χ2n) is 7.68. The van der Waals surface area contributed by atoms with Crippen molar-refractivity contribution in [1.29, 1.82) is 0 Å². The van der Waals surface area contributed by atoms with Gasteiger partial charge < -0.3 is 14.0 Å². The average Bonchev–Trinajstić information content (AvgIpc) is 3.18. The fourth-order valence-electron chi connectivity index (χ4n) is 3.71. The van der Waals surface area contributed by atoms with E-state index in [9.17, 15) is 8.42 Å². The van der Waals surface area contributed by atoms with Gasteiger partial charge in [-0.1, -0.05) is 35.5 Å². The van der Waals surface area contributed by atoms with E-state index in [1.165, 1.54) is 4.31 Å². The highest BCUT2D eigenvalue weighted by Gasteiger charge is 2.27. The Kier molecular flexibility index (Phi) is 8.32. The van der Waals surface area contributed by atoms with Crippen LogP contribution in [0.3, 0.4) is 0 Å². The highest BCUT2D eigenvalue weighted by Crippen LogP contribution is 2.30. The molecule has 2 heterocycles. The van der Waals surface area contributed by atoms with Crippen LogP contribution >= 0.6 is 23.4 Å². The van der Waals surface area contributed by atoms with Crippen LogP contribution in [0.15, 0.2) is 52.5 Å². The Labute approximate surface area is 204 Å². The van der Waals surface area contributed by atoms with Crippen LogP contribution in [-0.4, -0.2) is 61.8 Å². The first-order valence-corrected chi connectivity index (χ1v) is 13.8. The molecule has 0 unspecified atom stereocenters. The second kappa shape index (κ2) is 11.2. The first kappa shape index (κ1) is 24.5. The van der Waals surface area contributed by atoms with Crippen LogP contribution in [0.25, 0.3) is 11.0 Å². The summed E-state index contributed by atoms with van der Waals surface area (Å²) in [4.78, 5) is 5.08. The van der Waals surface area contributed by atoms with Crippen LogP contribution in [0.5, 0.6) is 0 Å². The molecule has 0 atom stereocenters. The van der Waals surface area contributed by atoms with Crippen molar-refractivity contribution in [1.82, 2.24) is 13.9 Å². The van der Waals surface area contributed by atoms with E-state index in [1.54, 1.807) is 23.9 Å². The molecule has 10 heteroatoms. The molecule has 0 radical (unpaired) electrons. The number of thioether (sulfide) groups is 1. The fourth-order valence-corrected chi connectivity index (χ4v) is 6.26. The Morgan fingerprint density at radius 1 is 1.15 bits per heavy atom. The molecule has 0 saturated carbocycles. The molecule has 3 aromatic rings. The molecular weight excluding hydrogens is 482 g/mol. The number of ether oxygens (including phenoxy) is 2. The standard InChI is InChI=1S/C23H28ClN3O4S2/c1-2-30-13-3-10-27-22-9-8-20(33(28,29)26-11-14-31-15-12-26)16-21(22)25-23(27)32-17-18-4-6-19(24)7-5-18/h4-9,16H,2-3,10-15,17H2,1H3. The molecule has 0 N–H and O–H groups in total. The van der Waals surface area contributed by atoms with Gasteiger partial charge in [-0.15, -0.1) is 0 Å². The first-order valence-electron chi connectivity index (χ1n) is 11.0. The number of sulfonamides is 1. The van der Waals surface area contributed by atoms with Crippen molar-refractivity contribution in [2.45, 2.75) is 35.7 Å². The molecule has 1 saturated heterocycles. The SMILES string of the molecule is CCOCCCn1c(SCc2ccc(Cl)cc2)nc2cc(S(=O)(=O)N3CCOCC3)ccc21. The van der Waals surface area contributed by atoms with E-state index in [-0.39, 0.29) is 4.90 Å². The number of rotatable bonds is 10. The van der Waals surface area contributed by atoms with Crippen molar-refractivity contribution in [2.24, 2.45) is 0 Å². The summed E-state index contributed by atoms with van der Waals surface area (Å²) in [5.41, 5.74) is 2.75. The van der Waals surface area contributed by atoms with Crippen molar-refractivity contribution in [3.05, 3.63) is 53.1 Å². The second-order valence-corrected chi connectivity index (χ2v) is 11.0. The number of hydrogen-bond donors (Lipinski definition) is 0. The van der Waals surface area contributed by atoms with Gasteiger partial charge in [0.25, 0.3) is 0 Å². The number of fused-ring (bicyclic) bond motifs is 1. The van der Waals surface area contributed by atoms with Gasteiger partial charge in [0.1, 0.15) is 0 Å². The highest BCUT2D eigenvalue weighted by molar-refractivity contribution is 7.98. The Morgan fingerprint density at radius 3 is 2.64 bits per heavy atom. The topological polar surface area (TPSA) is 73.7 Å². The van der Waals surface area contributed by atoms with Crippen molar-refractivity contribution < 1.29 is 17.9 Å². The van der Waals surface area contributed by atoms with E-state index in [2.05, 4.69) is 4.57 Å². The molecule has 33 heavy (non-hydrogen) atoms. The molecular formula is C23H28ClN3O4S2. The van der Waals surface area contributed by atoms with Gasteiger partial charge in [-0.2, -0.15) is 4.31 Å². The van der Waals surface area contributed by atoms with E-state index < -0.39 is 10.0 Å². The van der Waals surface area contributed by atoms with Crippen molar-refractivity contribution in [3.8, 4) is 0 Å². The quantitative estimate of drug-likeness (QED) is 0.297. The largest absolute Gasteiger partial charge is 0.382 e. The van der Waals surface area contributed by atoms with Gasteiger partial charge >= 0.3 is 0 Å². The number of aryl methyl sites for hydroxylation is 1. The summed E-state index contributed by atoms with van der Waals surface area (Å²) in [6.45, 7) is 5.66. The summed E-state index contributed by atoms with van der Waals surface area (Å²) in [7, 11) is -3.58. The molecule has 0 amide bonds. The zero-order valence-corrected chi connectivity index (χ0v) is 21.0. The number of morpholine rings is 1. The summed E-state index contributed by atoms with van der Waals surface area (Å²) in [5, 5.41) is 1.57. The van der Waals surface area contributed by atoms with Crippen molar-refractivity contribution in [2.75, 3.05) is 39.5 Å². The molecule has 1 aliphatic heterocycles. The number of aromatic nitrogens is 2. The lowest BCUT2D eigenvalue weighted by Gasteiger charge is -2.26. The fraction of sp³-hybridized carbons (Fsp3) is 0.435. The molecule has 1 aliphatic rings. The number of halogens is 1. The van der Waals surface area contributed by atoms with Crippen LogP contribution in [0.1, 0.15) is 18.9 Å². The van der Waals surface area contributed by atoms with Crippen LogP contribution in [0.2, 0.25) is 5.02 Å². The molecule has 178 valence electrons. The maximum absolute atomic E-state index is 13.1. The summed E-state index contributed by atoms with van der Waals surface area (Å²) < 4.78 is 40.7. The molecule has 1 fully saturated rings. The first-order chi connectivity index (χ1) is 16.0. The van der Waals surface area contributed by atoms with Gasteiger partial charge in [0.2, 0.25) is 10.0 Å². The van der Waals surface area contributed by atoms with Crippen LogP contribution in [0, 0.1) is 0 Å². The summed E-state index contributed by atoms with van der Waals surface area (Å²) in [6, 6.07) is 13.0. The molecule has 0 spiro atoms. The normalized spacial score (nSPS) is 15.3. The predicted molar refractivity (Wildman–Crippen MR) is 131 cm³/mol. The Bertz CT molecular complexity index is 1180. The molecule has 0 bridgehead atoms. The van der Waals surface area contributed by atoms with Crippen molar-refractivity contribution >= 4 is 44.4 Å². The minimum atomic E-state index is -3.58. The summed E-state index contributed by atoms with van der Waals surface area (Å²) >= 11 is 7.63. The van der Waals surface area contributed by atoms with E-state index in [0.29, 0.717) is 50.1 Å². The minimum absolute atomic E-state index is 0.269. The third kappa shape index (κ3) is 5.90. The zero-order chi connectivity index (χ0) is 23.3. The Balaban J connectivity index is 1.62. The van der Waals surface area contributed by atoms with Crippen molar-refractivity contribution in [3.63, 3.8) is 0 Å². The lowest BCUT2D eigenvalue weighted by atomic mass is 10.2. The van der Waals surface area contributed by atoms with Crippen LogP contribution in [-0.2, 0) is 31.8 Å². The maximum Gasteiger partial charge on any atom is 0.243 e. The van der Waals surface area contributed by atoms with Gasteiger partial charge in [-0.25, -0.2) is 13.4 Å². The van der Waals surface area contributed by atoms with Gasteiger partial charge in [-0.3, -0.25) is 0 Å². The third-order valence-corrected chi connectivity index (χ3v) is 8.64. The van der Waals surface area contributed by atoms with E-state index in [4.69, 9.17) is 26.1 Å². The lowest BCUT2D eigenvalue weighted by Crippen LogP contribution is -2.40. The molecule has 7 nitrogen and oxygen atoms in total. The number of imidazole rings is 1. The molecule has 4 rings (SSSR count). The smallest absolute Gasteiger partial charge is 0.243 e. The van der Waals surface area contributed by atoms with E-state index in [0.717, 1.165) is 35.0 Å². The number of hydrogen-bond acceptors (Lipinski definition) is 6. The maximum atomic E-state index is 13.1. The van der Waals surface area contributed by atoms with E-state index in [1.807, 2.05) is 37.3 Å². The lowest BCUT2D eigenvalue weighted by molar-refractivity contribution is 0.0730. The average molecular weight is 510 g/mol. The Hall–Kier alpha value is -1.62. The van der Waals surface area contributed by atoms with Gasteiger partial charge in [0, 0.05) is 43.6 Å². The van der Waals surface area contributed by atoms with Crippen LogP contribution in [0.4, 0.5) is 0 Å². The Morgan fingerprint density at radius 2 is 1.91 bits per heavy atom. The predicted octanol–water partition coefficient (Wildman–Crippen LogP) is 4.43. The van der Waals surface area contributed by atoms with E-state index >= 15 is 0 Å². The zero-order valence-electron chi connectivity index (χ0n) is 18.6. The number of benzene rings is 2. The monoisotopic (exact) mass is 509 g/mol. The van der Waals surface area contributed by atoms with Gasteiger partial charge in [-0.05, 0) is 49.2 Å². The van der Waals surface area contributed by atoms with Gasteiger partial charge in [0.05, 0.1) is 29.1 Å². The molecule has 2 aromatic carbocycles. The summed E-state index contributed by atoms with van der Waals surface area (Å²) in [6.07, 6.45) is 0.849. The number of nitrogens with zero attached hydrogens (tertiary/aromatic N) is 3. The minimum Gasteiger partial charge on any atom is -0.382 e. The molecule has 0 aliphatic carbocycles.